The summed E-state index contributed by atoms with van der Waals surface area (Å²) >= 11 is 0. The van der Waals surface area contributed by atoms with Crippen molar-refractivity contribution in [2.45, 2.75) is 20.4 Å². The highest BCUT2D eigenvalue weighted by atomic mass is 19.2. The fraction of sp³-hybridized carbons (Fsp3) is 0.500. The van der Waals surface area contributed by atoms with Gasteiger partial charge >= 0.3 is 0 Å². The van der Waals surface area contributed by atoms with E-state index in [1.807, 2.05) is 13.8 Å². The van der Waals surface area contributed by atoms with Crippen LogP contribution in [-0.2, 0) is 6.54 Å². The molecule has 0 aliphatic carbocycles. The predicted octanol–water partition coefficient (Wildman–Crippen LogP) is 2.07. The molecule has 0 spiro atoms. The second kappa shape index (κ2) is 5.37. The monoisotopic (exact) mass is 229 g/mol. The van der Waals surface area contributed by atoms with E-state index in [-0.39, 0.29) is 18.6 Å². The zero-order chi connectivity index (χ0) is 12.2. The number of benzene rings is 1. The lowest BCUT2D eigenvalue weighted by Gasteiger charge is -2.22. The van der Waals surface area contributed by atoms with Crippen molar-refractivity contribution in [2.24, 2.45) is 5.41 Å². The van der Waals surface area contributed by atoms with Crippen LogP contribution >= 0.6 is 0 Å². The van der Waals surface area contributed by atoms with Gasteiger partial charge in [0.1, 0.15) is 0 Å². The normalized spacial score (nSPS) is 11.8. The Hall–Kier alpha value is -1.00. The summed E-state index contributed by atoms with van der Waals surface area (Å²) in [7, 11) is 0. The van der Waals surface area contributed by atoms with E-state index >= 15 is 0 Å². The highest BCUT2D eigenvalue weighted by Gasteiger charge is 2.16. The number of rotatable bonds is 5. The summed E-state index contributed by atoms with van der Waals surface area (Å²) in [5.74, 6) is -1.64. The molecular formula is C12H17F2NO. The Balaban J connectivity index is 2.53. The number of hydrogen-bond acceptors (Lipinski definition) is 2. The van der Waals surface area contributed by atoms with E-state index in [0.717, 1.165) is 6.07 Å². The molecule has 4 heteroatoms. The van der Waals surface area contributed by atoms with Crippen molar-refractivity contribution in [3.8, 4) is 0 Å². The van der Waals surface area contributed by atoms with Gasteiger partial charge in [0, 0.05) is 30.7 Å². The summed E-state index contributed by atoms with van der Waals surface area (Å²) in [6, 6.07) is 4.11. The molecule has 0 bridgehead atoms. The van der Waals surface area contributed by atoms with Gasteiger partial charge in [0.05, 0.1) is 0 Å². The van der Waals surface area contributed by atoms with Crippen LogP contribution in [0, 0.1) is 17.0 Å². The van der Waals surface area contributed by atoms with Crippen LogP contribution < -0.4 is 5.32 Å². The minimum Gasteiger partial charge on any atom is -0.396 e. The molecule has 0 unspecified atom stereocenters. The number of hydrogen-bond donors (Lipinski definition) is 2. The van der Waals surface area contributed by atoms with Crippen molar-refractivity contribution in [3.05, 3.63) is 35.4 Å². The third-order valence-electron chi connectivity index (χ3n) is 2.38. The Kier molecular flexibility index (Phi) is 4.38. The van der Waals surface area contributed by atoms with Gasteiger partial charge in [-0.15, -0.1) is 0 Å². The van der Waals surface area contributed by atoms with Gasteiger partial charge in [0.15, 0.2) is 11.6 Å². The van der Waals surface area contributed by atoms with Gasteiger partial charge in [-0.05, 0) is 6.07 Å². The van der Waals surface area contributed by atoms with E-state index in [9.17, 15) is 8.78 Å². The van der Waals surface area contributed by atoms with E-state index in [1.165, 1.54) is 12.1 Å². The average molecular weight is 229 g/mol. The molecule has 0 radical (unpaired) electrons. The van der Waals surface area contributed by atoms with Crippen LogP contribution in [0.5, 0.6) is 0 Å². The molecule has 0 atom stereocenters. The van der Waals surface area contributed by atoms with Crippen molar-refractivity contribution in [1.29, 1.82) is 0 Å². The summed E-state index contributed by atoms with van der Waals surface area (Å²) in [5, 5.41) is 12.0. The first kappa shape index (κ1) is 13.1. The molecule has 2 nitrogen and oxygen atoms in total. The van der Waals surface area contributed by atoms with Crippen molar-refractivity contribution >= 4 is 0 Å². The van der Waals surface area contributed by atoms with Crippen molar-refractivity contribution in [1.82, 2.24) is 5.32 Å². The molecule has 0 amide bonds. The van der Waals surface area contributed by atoms with Gasteiger partial charge in [-0.1, -0.05) is 26.0 Å². The predicted molar refractivity (Wildman–Crippen MR) is 58.9 cm³/mol. The van der Waals surface area contributed by atoms with Gasteiger partial charge in [-0.2, -0.15) is 0 Å². The molecule has 16 heavy (non-hydrogen) atoms. The average Bonchev–Trinajstić information content (AvgIpc) is 2.24. The smallest absolute Gasteiger partial charge is 0.163 e. The van der Waals surface area contributed by atoms with Gasteiger partial charge in [0.25, 0.3) is 0 Å². The molecule has 0 saturated carbocycles. The van der Waals surface area contributed by atoms with Crippen LogP contribution in [-0.4, -0.2) is 18.3 Å². The molecule has 0 heterocycles. The molecule has 0 saturated heterocycles. The highest BCUT2D eigenvalue weighted by Crippen LogP contribution is 2.14. The first-order chi connectivity index (χ1) is 7.46. The highest BCUT2D eigenvalue weighted by molar-refractivity contribution is 5.18. The lowest BCUT2D eigenvalue weighted by molar-refractivity contribution is 0.156. The zero-order valence-electron chi connectivity index (χ0n) is 9.56. The van der Waals surface area contributed by atoms with Crippen molar-refractivity contribution in [2.75, 3.05) is 13.2 Å². The lowest BCUT2D eigenvalue weighted by Crippen LogP contribution is -2.32. The first-order valence-electron chi connectivity index (χ1n) is 5.21. The topological polar surface area (TPSA) is 32.3 Å². The fourth-order valence-electron chi connectivity index (χ4n) is 1.28. The standard InChI is InChI=1S/C12H17F2NO/c1-12(2,8-16)7-15-6-9-4-3-5-10(13)11(9)14/h3-5,15-16H,6-8H2,1-2H3. The van der Waals surface area contributed by atoms with Crippen LogP contribution in [0.3, 0.4) is 0 Å². The molecule has 0 aromatic heterocycles. The first-order valence-corrected chi connectivity index (χ1v) is 5.21. The van der Waals surface area contributed by atoms with E-state index in [1.54, 1.807) is 0 Å². The van der Waals surface area contributed by atoms with Crippen LogP contribution in [0.15, 0.2) is 18.2 Å². The second-order valence-corrected chi connectivity index (χ2v) is 4.64. The van der Waals surface area contributed by atoms with Gasteiger partial charge < -0.3 is 10.4 Å². The third-order valence-corrected chi connectivity index (χ3v) is 2.38. The molecular weight excluding hydrogens is 212 g/mol. The maximum atomic E-state index is 13.2. The Morgan fingerprint density at radius 2 is 2.00 bits per heavy atom. The van der Waals surface area contributed by atoms with Gasteiger partial charge in [0.2, 0.25) is 0 Å². The maximum absolute atomic E-state index is 13.2. The Labute approximate surface area is 94.3 Å². The number of nitrogens with one attached hydrogen (secondary N) is 1. The van der Waals surface area contributed by atoms with Gasteiger partial charge in [-0.3, -0.25) is 0 Å². The molecule has 0 fully saturated rings. The number of aliphatic hydroxyl groups excluding tert-OH is 1. The molecule has 0 aliphatic rings. The molecule has 2 N–H and O–H groups in total. The zero-order valence-corrected chi connectivity index (χ0v) is 9.56. The minimum absolute atomic E-state index is 0.0473. The van der Waals surface area contributed by atoms with Gasteiger partial charge in [-0.25, -0.2) is 8.78 Å². The second-order valence-electron chi connectivity index (χ2n) is 4.64. The summed E-state index contributed by atoms with van der Waals surface area (Å²) in [4.78, 5) is 0. The van der Waals surface area contributed by atoms with Crippen molar-refractivity contribution < 1.29 is 13.9 Å². The lowest BCUT2D eigenvalue weighted by atomic mass is 9.95. The summed E-state index contributed by atoms with van der Waals surface area (Å²) in [6.07, 6.45) is 0. The minimum atomic E-state index is -0.833. The molecule has 0 aliphatic heterocycles. The van der Waals surface area contributed by atoms with E-state index in [4.69, 9.17) is 5.11 Å². The number of aliphatic hydroxyl groups is 1. The third kappa shape index (κ3) is 3.54. The van der Waals surface area contributed by atoms with Crippen LogP contribution in [0.25, 0.3) is 0 Å². The fourth-order valence-corrected chi connectivity index (χ4v) is 1.28. The summed E-state index contributed by atoms with van der Waals surface area (Å²) in [5.41, 5.74) is 0.0396. The largest absolute Gasteiger partial charge is 0.396 e. The van der Waals surface area contributed by atoms with E-state index in [0.29, 0.717) is 12.1 Å². The molecule has 1 aromatic rings. The Morgan fingerprint density at radius 3 is 2.62 bits per heavy atom. The van der Waals surface area contributed by atoms with Crippen LogP contribution in [0.2, 0.25) is 0 Å². The van der Waals surface area contributed by atoms with Crippen LogP contribution in [0.4, 0.5) is 8.78 Å². The summed E-state index contributed by atoms with van der Waals surface area (Å²) < 4.78 is 26.1. The van der Waals surface area contributed by atoms with E-state index in [2.05, 4.69) is 5.32 Å². The summed E-state index contributed by atoms with van der Waals surface area (Å²) in [6.45, 7) is 4.63. The number of halogens is 2. The quantitative estimate of drug-likeness (QED) is 0.810. The molecule has 1 rings (SSSR count). The Bertz CT molecular complexity index is 353. The SMILES string of the molecule is CC(C)(CO)CNCc1cccc(F)c1F. The van der Waals surface area contributed by atoms with Crippen LogP contribution in [0.1, 0.15) is 19.4 Å². The molecule has 90 valence electrons. The van der Waals surface area contributed by atoms with Crippen molar-refractivity contribution in [3.63, 3.8) is 0 Å². The maximum Gasteiger partial charge on any atom is 0.163 e. The Morgan fingerprint density at radius 1 is 1.31 bits per heavy atom. The molecule has 1 aromatic carbocycles. The van der Waals surface area contributed by atoms with E-state index < -0.39 is 11.6 Å².